The molecule has 0 saturated carbocycles. The summed E-state index contributed by atoms with van der Waals surface area (Å²) in [5.41, 5.74) is 1.60. The molecule has 1 saturated heterocycles. The molecule has 86 valence electrons. The summed E-state index contributed by atoms with van der Waals surface area (Å²) >= 11 is 0. The van der Waals surface area contributed by atoms with Gasteiger partial charge in [-0.05, 0) is 30.7 Å². The van der Waals surface area contributed by atoms with Crippen LogP contribution in [0.4, 0.5) is 4.39 Å². The number of ether oxygens (including phenoxy) is 1. The Kier molecular flexibility index (Phi) is 3.19. The summed E-state index contributed by atoms with van der Waals surface area (Å²) in [6, 6.07) is 4.53. The van der Waals surface area contributed by atoms with Crippen molar-refractivity contribution < 1.29 is 9.13 Å². The fraction of sp³-hybridized carbons (Fsp3) is 0.417. The fourth-order valence-corrected chi connectivity index (χ4v) is 1.85. The highest BCUT2D eigenvalue weighted by Crippen LogP contribution is 2.13. The normalized spacial score (nSPS) is 16.2. The summed E-state index contributed by atoms with van der Waals surface area (Å²) in [4.78, 5) is 1.96. The van der Waals surface area contributed by atoms with Crippen molar-refractivity contribution in [2.75, 3.05) is 26.3 Å². The lowest BCUT2D eigenvalue weighted by Crippen LogP contribution is -2.41. The molecule has 0 radical (unpaired) electrons. The lowest BCUT2D eigenvalue weighted by Gasteiger charge is -2.29. The second kappa shape index (κ2) is 4.61. The fourth-order valence-electron chi connectivity index (χ4n) is 1.85. The van der Waals surface area contributed by atoms with Crippen LogP contribution in [-0.2, 0) is 4.74 Å². The SMILES string of the molecule is Cc1cc(F)ccc1C(=N)N1CCOCC1. The molecule has 0 atom stereocenters. The number of hydrogen-bond donors (Lipinski definition) is 1. The third kappa shape index (κ3) is 2.22. The highest BCUT2D eigenvalue weighted by atomic mass is 19.1. The monoisotopic (exact) mass is 222 g/mol. The summed E-state index contributed by atoms with van der Waals surface area (Å²) < 4.78 is 18.2. The van der Waals surface area contributed by atoms with E-state index in [2.05, 4.69) is 0 Å². The third-order valence-corrected chi connectivity index (χ3v) is 2.77. The first-order valence-electron chi connectivity index (χ1n) is 5.36. The topological polar surface area (TPSA) is 36.3 Å². The summed E-state index contributed by atoms with van der Waals surface area (Å²) in [6.07, 6.45) is 0. The Morgan fingerprint density at radius 1 is 1.38 bits per heavy atom. The molecular formula is C12H15FN2O. The predicted octanol–water partition coefficient (Wildman–Crippen LogP) is 1.79. The quantitative estimate of drug-likeness (QED) is 0.581. The predicted molar refractivity (Wildman–Crippen MR) is 60.4 cm³/mol. The number of hydrogen-bond acceptors (Lipinski definition) is 2. The minimum absolute atomic E-state index is 0.254. The minimum Gasteiger partial charge on any atom is -0.378 e. The molecule has 16 heavy (non-hydrogen) atoms. The molecule has 0 unspecified atom stereocenters. The molecule has 0 bridgehead atoms. The van der Waals surface area contributed by atoms with Crippen LogP contribution in [0.25, 0.3) is 0 Å². The maximum Gasteiger partial charge on any atom is 0.128 e. The van der Waals surface area contributed by atoms with Gasteiger partial charge in [-0.2, -0.15) is 0 Å². The van der Waals surface area contributed by atoms with E-state index in [1.807, 2.05) is 11.8 Å². The van der Waals surface area contributed by atoms with E-state index in [-0.39, 0.29) is 5.82 Å². The first-order valence-corrected chi connectivity index (χ1v) is 5.36. The van der Waals surface area contributed by atoms with Gasteiger partial charge in [-0.3, -0.25) is 5.41 Å². The highest BCUT2D eigenvalue weighted by Gasteiger charge is 2.16. The number of aryl methyl sites for hydroxylation is 1. The van der Waals surface area contributed by atoms with Gasteiger partial charge in [-0.15, -0.1) is 0 Å². The van der Waals surface area contributed by atoms with Gasteiger partial charge in [0.1, 0.15) is 11.7 Å². The molecule has 0 spiro atoms. The first kappa shape index (κ1) is 11.1. The Labute approximate surface area is 94.3 Å². The molecule has 1 aliphatic heterocycles. The second-order valence-corrected chi connectivity index (χ2v) is 3.91. The van der Waals surface area contributed by atoms with E-state index in [1.54, 1.807) is 6.07 Å². The lowest BCUT2D eigenvalue weighted by molar-refractivity contribution is 0.0679. The molecule has 2 rings (SSSR count). The molecule has 3 nitrogen and oxygen atoms in total. The third-order valence-electron chi connectivity index (χ3n) is 2.77. The van der Waals surface area contributed by atoms with Crippen LogP contribution in [0.5, 0.6) is 0 Å². The van der Waals surface area contributed by atoms with Crippen LogP contribution in [0.2, 0.25) is 0 Å². The van der Waals surface area contributed by atoms with Crippen molar-refractivity contribution in [1.29, 1.82) is 5.41 Å². The number of morpholine rings is 1. The maximum atomic E-state index is 12.9. The smallest absolute Gasteiger partial charge is 0.128 e. The largest absolute Gasteiger partial charge is 0.378 e. The Morgan fingerprint density at radius 2 is 2.06 bits per heavy atom. The van der Waals surface area contributed by atoms with Gasteiger partial charge >= 0.3 is 0 Å². The van der Waals surface area contributed by atoms with Gasteiger partial charge in [0.05, 0.1) is 13.2 Å². The summed E-state index contributed by atoms with van der Waals surface area (Å²) in [5, 5.41) is 8.08. The average molecular weight is 222 g/mol. The van der Waals surface area contributed by atoms with Crippen LogP contribution in [0.1, 0.15) is 11.1 Å². The van der Waals surface area contributed by atoms with E-state index in [0.29, 0.717) is 19.0 Å². The van der Waals surface area contributed by atoms with E-state index in [9.17, 15) is 4.39 Å². The number of amidine groups is 1. The van der Waals surface area contributed by atoms with E-state index < -0.39 is 0 Å². The standard InChI is InChI=1S/C12H15FN2O/c1-9-8-10(13)2-3-11(9)12(14)15-4-6-16-7-5-15/h2-3,8,14H,4-7H2,1H3. The molecule has 4 heteroatoms. The van der Waals surface area contributed by atoms with Crippen LogP contribution in [0.3, 0.4) is 0 Å². The number of halogens is 1. The van der Waals surface area contributed by atoms with Crippen molar-refractivity contribution in [3.05, 3.63) is 35.1 Å². The zero-order valence-corrected chi connectivity index (χ0v) is 9.29. The van der Waals surface area contributed by atoms with Crippen molar-refractivity contribution >= 4 is 5.84 Å². The van der Waals surface area contributed by atoms with Gasteiger partial charge in [0, 0.05) is 18.7 Å². The van der Waals surface area contributed by atoms with Crippen LogP contribution >= 0.6 is 0 Å². The van der Waals surface area contributed by atoms with Gasteiger partial charge in [-0.25, -0.2) is 4.39 Å². The second-order valence-electron chi connectivity index (χ2n) is 3.91. The average Bonchev–Trinajstić information content (AvgIpc) is 2.29. The van der Waals surface area contributed by atoms with Crippen molar-refractivity contribution in [3.63, 3.8) is 0 Å². The number of nitrogens with zero attached hydrogens (tertiary/aromatic N) is 1. The highest BCUT2D eigenvalue weighted by molar-refractivity contribution is 5.97. The van der Waals surface area contributed by atoms with Crippen LogP contribution in [-0.4, -0.2) is 37.0 Å². The molecule has 0 amide bonds. The lowest BCUT2D eigenvalue weighted by atomic mass is 10.1. The van der Waals surface area contributed by atoms with Crippen molar-refractivity contribution in [1.82, 2.24) is 4.90 Å². The summed E-state index contributed by atoms with van der Waals surface area (Å²) in [5.74, 6) is 0.205. The van der Waals surface area contributed by atoms with E-state index in [0.717, 1.165) is 24.2 Å². The number of rotatable bonds is 1. The van der Waals surface area contributed by atoms with Crippen molar-refractivity contribution in [2.45, 2.75) is 6.92 Å². The Morgan fingerprint density at radius 3 is 2.69 bits per heavy atom. The Hall–Kier alpha value is -1.42. The van der Waals surface area contributed by atoms with Crippen molar-refractivity contribution in [2.24, 2.45) is 0 Å². The Balaban J connectivity index is 2.19. The van der Waals surface area contributed by atoms with Gasteiger partial charge < -0.3 is 9.64 Å². The molecule has 1 fully saturated rings. The maximum absolute atomic E-state index is 12.9. The van der Waals surface area contributed by atoms with Gasteiger partial charge in [0.2, 0.25) is 0 Å². The van der Waals surface area contributed by atoms with E-state index in [4.69, 9.17) is 10.1 Å². The molecule has 1 aliphatic rings. The van der Waals surface area contributed by atoms with Crippen LogP contribution < -0.4 is 0 Å². The number of nitrogens with one attached hydrogen (secondary N) is 1. The summed E-state index contributed by atoms with van der Waals surface area (Å²) in [6.45, 7) is 4.60. The zero-order valence-electron chi connectivity index (χ0n) is 9.29. The van der Waals surface area contributed by atoms with E-state index >= 15 is 0 Å². The van der Waals surface area contributed by atoms with Gasteiger partial charge in [0.25, 0.3) is 0 Å². The van der Waals surface area contributed by atoms with Crippen LogP contribution in [0.15, 0.2) is 18.2 Å². The minimum atomic E-state index is -0.254. The van der Waals surface area contributed by atoms with E-state index in [1.165, 1.54) is 12.1 Å². The molecule has 1 N–H and O–H groups in total. The molecule has 1 aromatic rings. The number of benzene rings is 1. The molecule has 0 aliphatic carbocycles. The zero-order chi connectivity index (χ0) is 11.5. The van der Waals surface area contributed by atoms with Gasteiger partial charge in [-0.1, -0.05) is 0 Å². The Bertz CT molecular complexity index is 400. The molecular weight excluding hydrogens is 207 g/mol. The first-order chi connectivity index (χ1) is 7.68. The van der Waals surface area contributed by atoms with Crippen LogP contribution in [0, 0.1) is 18.2 Å². The van der Waals surface area contributed by atoms with Crippen molar-refractivity contribution in [3.8, 4) is 0 Å². The summed E-state index contributed by atoms with van der Waals surface area (Å²) in [7, 11) is 0. The molecule has 0 aromatic heterocycles. The van der Waals surface area contributed by atoms with Gasteiger partial charge in [0.15, 0.2) is 0 Å². The molecule has 1 heterocycles. The molecule has 1 aromatic carbocycles.